The van der Waals surface area contributed by atoms with E-state index in [1.807, 2.05) is 6.08 Å². The number of nitrogens with zero attached hydrogens (tertiary/aromatic N) is 1. The number of carbonyl (C=O) groups is 1. The Labute approximate surface area is 134 Å². The van der Waals surface area contributed by atoms with Crippen molar-refractivity contribution in [3.63, 3.8) is 0 Å². The molecule has 3 N–H and O–H groups in total. The lowest BCUT2D eigenvalue weighted by atomic mass is 9.63. The Morgan fingerprint density at radius 3 is 2.65 bits per heavy atom. The summed E-state index contributed by atoms with van der Waals surface area (Å²) >= 11 is 0. The van der Waals surface area contributed by atoms with E-state index in [-0.39, 0.29) is 18.2 Å². The summed E-state index contributed by atoms with van der Waals surface area (Å²) in [5.74, 6) is -0.137. The van der Waals surface area contributed by atoms with Gasteiger partial charge in [-0.05, 0) is 55.0 Å². The highest BCUT2D eigenvalue weighted by molar-refractivity contribution is 6.11. The number of benzene rings is 1. The SMILES string of the molecule is N/C=C1/CC2(CO)CC(=O)CCC2=CC1=Nc1ccc(F)cc1. The van der Waals surface area contributed by atoms with Crippen LogP contribution in [0.1, 0.15) is 25.7 Å². The number of aliphatic imine (C=N–C) groups is 1. The molecule has 0 amide bonds. The van der Waals surface area contributed by atoms with Gasteiger partial charge in [-0.15, -0.1) is 0 Å². The first-order chi connectivity index (χ1) is 11.1. The van der Waals surface area contributed by atoms with E-state index in [2.05, 4.69) is 4.99 Å². The number of aliphatic hydroxyl groups is 1. The number of fused-ring (bicyclic) bond motifs is 1. The number of Topliss-reactive ketones (excluding diaryl/α,β-unsaturated/α-hetero) is 1. The first kappa shape index (κ1) is 15.6. The Balaban J connectivity index is 2.03. The largest absolute Gasteiger partial charge is 0.404 e. The van der Waals surface area contributed by atoms with Crippen molar-refractivity contribution in [2.75, 3.05) is 6.61 Å². The van der Waals surface area contributed by atoms with Crippen molar-refractivity contribution in [2.24, 2.45) is 16.1 Å². The Kier molecular flexibility index (Phi) is 4.13. The van der Waals surface area contributed by atoms with Crippen LogP contribution in [0.2, 0.25) is 0 Å². The van der Waals surface area contributed by atoms with E-state index >= 15 is 0 Å². The van der Waals surface area contributed by atoms with Gasteiger partial charge in [-0.25, -0.2) is 9.38 Å². The maximum atomic E-state index is 13.0. The summed E-state index contributed by atoms with van der Waals surface area (Å²) in [6.45, 7) is -0.0776. The molecule has 0 heterocycles. The Morgan fingerprint density at radius 2 is 2.00 bits per heavy atom. The summed E-state index contributed by atoms with van der Waals surface area (Å²) in [5, 5.41) is 9.87. The summed E-state index contributed by atoms with van der Waals surface area (Å²) in [7, 11) is 0. The molecule has 0 aliphatic heterocycles. The third-order valence-corrected chi connectivity index (χ3v) is 4.64. The van der Waals surface area contributed by atoms with Gasteiger partial charge in [0, 0.05) is 18.3 Å². The van der Waals surface area contributed by atoms with Gasteiger partial charge in [-0.1, -0.05) is 5.57 Å². The van der Waals surface area contributed by atoms with Crippen LogP contribution >= 0.6 is 0 Å². The second-order valence-corrected chi connectivity index (χ2v) is 6.17. The monoisotopic (exact) mass is 314 g/mol. The van der Waals surface area contributed by atoms with Crippen molar-refractivity contribution in [1.82, 2.24) is 0 Å². The van der Waals surface area contributed by atoms with Crippen LogP contribution in [0, 0.1) is 11.2 Å². The third-order valence-electron chi connectivity index (χ3n) is 4.64. The highest BCUT2D eigenvalue weighted by Crippen LogP contribution is 2.47. The molecule has 0 spiro atoms. The van der Waals surface area contributed by atoms with Gasteiger partial charge in [0.25, 0.3) is 0 Å². The molecule has 1 saturated carbocycles. The van der Waals surface area contributed by atoms with Crippen molar-refractivity contribution < 1.29 is 14.3 Å². The van der Waals surface area contributed by atoms with Crippen LogP contribution in [0.4, 0.5) is 10.1 Å². The molecule has 1 aromatic carbocycles. The zero-order chi connectivity index (χ0) is 16.4. The molecular weight excluding hydrogens is 295 g/mol. The zero-order valence-electron chi connectivity index (χ0n) is 12.8. The molecule has 1 fully saturated rings. The van der Waals surface area contributed by atoms with Crippen molar-refractivity contribution in [2.45, 2.75) is 25.7 Å². The summed E-state index contributed by atoms with van der Waals surface area (Å²) < 4.78 is 13.0. The van der Waals surface area contributed by atoms with Gasteiger partial charge in [0.1, 0.15) is 11.6 Å². The molecule has 0 saturated heterocycles. The van der Waals surface area contributed by atoms with Crippen LogP contribution in [0.3, 0.4) is 0 Å². The zero-order valence-corrected chi connectivity index (χ0v) is 12.8. The standard InChI is InChI=1S/C18H19FN2O2/c19-14-2-4-15(5-3-14)21-17-7-13-1-6-16(23)9-18(13,11-22)8-12(17)10-20/h2-5,7,10,22H,1,6,8-9,11,20H2/b12-10-,21-17?. The molecule has 1 aromatic rings. The van der Waals surface area contributed by atoms with Crippen molar-refractivity contribution in [1.29, 1.82) is 0 Å². The maximum Gasteiger partial charge on any atom is 0.134 e. The molecule has 1 atom stereocenters. The fourth-order valence-corrected chi connectivity index (χ4v) is 3.35. The molecule has 0 radical (unpaired) electrons. The highest BCUT2D eigenvalue weighted by atomic mass is 19.1. The molecule has 2 aliphatic rings. The number of aliphatic hydroxyl groups excluding tert-OH is 1. The Bertz CT molecular complexity index is 719. The topological polar surface area (TPSA) is 75.7 Å². The average molecular weight is 314 g/mol. The van der Waals surface area contributed by atoms with E-state index in [9.17, 15) is 14.3 Å². The molecule has 1 unspecified atom stereocenters. The number of halogens is 1. The number of hydrogen-bond acceptors (Lipinski definition) is 4. The van der Waals surface area contributed by atoms with Gasteiger partial charge >= 0.3 is 0 Å². The van der Waals surface area contributed by atoms with Gasteiger partial charge in [-0.3, -0.25) is 4.79 Å². The van der Waals surface area contributed by atoms with Crippen LogP contribution in [0.5, 0.6) is 0 Å². The summed E-state index contributed by atoms with van der Waals surface area (Å²) in [4.78, 5) is 16.4. The quantitative estimate of drug-likeness (QED) is 0.881. The number of allylic oxidation sites excluding steroid dienone is 2. The van der Waals surface area contributed by atoms with E-state index in [4.69, 9.17) is 5.73 Å². The van der Waals surface area contributed by atoms with Gasteiger partial charge in [0.2, 0.25) is 0 Å². The molecule has 120 valence electrons. The second-order valence-electron chi connectivity index (χ2n) is 6.17. The van der Waals surface area contributed by atoms with Gasteiger partial charge < -0.3 is 10.8 Å². The maximum absolute atomic E-state index is 13.0. The molecule has 23 heavy (non-hydrogen) atoms. The minimum absolute atomic E-state index is 0.0776. The lowest BCUT2D eigenvalue weighted by Gasteiger charge is -2.41. The second kappa shape index (κ2) is 6.08. The van der Waals surface area contributed by atoms with Crippen LogP contribution in [0.15, 0.2) is 52.7 Å². The Hall–Kier alpha value is -2.27. The molecular formula is C18H19FN2O2. The molecule has 4 nitrogen and oxygen atoms in total. The normalized spacial score (nSPS) is 27.9. The average Bonchev–Trinajstić information content (AvgIpc) is 2.56. The van der Waals surface area contributed by atoms with E-state index in [1.165, 1.54) is 18.3 Å². The molecule has 0 bridgehead atoms. The summed E-state index contributed by atoms with van der Waals surface area (Å²) in [6.07, 6.45) is 5.38. The van der Waals surface area contributed by atoms with Crippen molar-refractivity contribution >= 4 is 17.2 Å². The van der Waals surface area contributed by atoms with E-state index < -0.39 is 5.41 Å². The number of hydrogen-bond donors (Lipinski definition) is 2. The van der Waals surface area contributed by atoms with Crippen LogP contribution in [-0.4, -0.2) is 23.2 Å². The molecule has 2 aliphatic carbocycles. The predicted molar refractivity (Wildman–Crippen MR) is 86.8 cm³/mol. The predicted octanol–water partition coefficient (Wildman–Crippen LogP) is 2.80. The van der Waals surface area contributed by atoms with Crippen molar-refractivity contribution in [3.8, 4) is 0 Å². The first-order valence-corrected chi connectivity index (χ1v) is 7.65. The van der Waals surface area contributed by atoms with Crippen LogP contribution in [-0.2, 0) is 4.79 Å². The van der Waals surface area contributed by atoms with Gasteiger partial charge in [-0.2, -0.15) is 0 Å². The van der Waals surface area contributed by atoms with Crippen molar-refractivity contribution in [3.05, 3.63) is 53.5 Å². The molecule has 5 heteroatoms. The summed E-state index contributed by atoms with van der Waals surface area (Å²) in [6, 6.07) is 5.93. The van der Waals surface area contributed by atoms with Crippen LogP contribution < -0.4 is 5.73 Å². The first-order valence-electron chi connectivity index (χ1n) is 7.65. The minimum atomic E-state index is -0.539. The third kappa shape index (κ3) is 2.97. The van der Waals surface area contributed by atoms with E-state index in [0.717, 1.165) is 11.1 Å². The number of nitrogens with two attached hydrogens (primary N) is 1. The van der Waals surface area contributed by atoms with Gasteiger partial charge in [0.15, 0.2) is 0 Å². The van der Waals surface area contributed by atoms with Crippen LogP contribution in [0.25, 0.3) is 0 Å². The summed E-state index contributed by atoms with van der Waals surface area (Å²) in [5.41, 5.74) is 8.40. The Morgan fingerprint density at radius 1 is 1.26 bits per heavy atom. The molecule has 3 rings (SSSR count). The van der Waals surface area contributed by atoms with Gasteiger partial charge in [0.05, 0.1) is 18.0 Å². The fourth-order valence-electron chi connectivity index (χ4n) is 3.35. The fraction of sp³-hybridized carbons (Fsp3) is 0.333. The number of ketones is 1. The minimum Gasteiger partial charge on any atom is -0.404 e. The highest BCUT2D eigenvalue weighted by Gasteiger charge is 2.42. The number of rotatable bonds is 2. The van der Waals surface area contributed by atoms with E-state index in [1.54, 1.807) is 12.1 Å². The smallest absolute Gasteiger partial charge is 0.134 e. The van der Waals surface area contributed by atoms with E-state index in [0.29, 0.717) is 37.1 Å². The lowest BCUT2D eigenvalue weighted by Crippen LogP contribution is -2.39. The molecule has 0 aromatic heterocycles. The lowest BCUT2D eigenvalue weighted by molar-refractivity contribution is -0.123. The number of carbonyl (C=O) groups excluding carboxylic acids is 1.